The molecular formula is C32H38N4. The Morgan fingerprint density at radius 3 is 1.11 bits per heavy atom. The molecule has 0 N–H and O–H groups in total. The Hall–Kier alpha value is -3.66. The molecule has 4 heteroatoms. The zero-order valence-corrected chi connectivity index (χ0v) is 23.0. The van der Waals surface area contributed by atoms with Crippen LogP contribution in [-0.4, -0.2) is 37.2 Å². The summed E-state index contributed by atoms with van der Waals surface area (Å²) in [5, 5.41) is 0. The number of nitrogens with zero attached hydrogens (tertiary/aromatic N) is 4. The molecule has 0 aliphatic rings. The Bertz CT molecular complexity index is 1200. The van der Waals surface area contributed by atoms with Gasteiger partial charge in [0.2, 0.25) is 0 Å². The van der Waals surface area contributed by atoms with Crippen LogP contribution >= 0.6 is 0 Å². The molecule has 0 amide bonds. The smallest absolute Gasteiger partial charge is 0.128 e. The summed E-state index contributed by atoms with van der Waals surface area (Å²) in [6.07, 6.45) is 3.96. The Balaban J connectivity index is 1.38. The lowest BCUT2D eigenvalue weighted by Gasteiger charge is -2.24. The van der Waals surface area contributed by atoms with Crippen molar-refractivity contribution in [2.45, 2.75) is 41.5 Å². The largest absolute Gasteiger partial charge is 0.358 e. The predicted octanol–water partition coefficient (Wildman–Crippen LogP) is 7.23. The molecule has 36 heavy (non-hydrogen) atoms. The van der Waals surface area contributed by atoms with E-state index in [1.165, 1.54) is 44.5 Å². The van der Waals surface area contributed by atoms with Crippen molar-refractivity contribution in [3.05, 3.63) is 94.3 Å². The summed E-state index contributed by atoms with van der Waals surface area (Å²) >= 11 is 0. The number of pyridine rings is 2. The first kappa shape index (κ1) is 25.4. The molecule has 4 nitrogen and oxygen atoms in total. The molecule has 2 aromatic carbocycles. The molecular weight excluding hydrogens is 440 g/mol. The van der Waals surface area contributed by atoms with Gasteiger partial charge in [0.05, 0.1) is 0 Å². The van der Waals surface area contributed by atoms with E-state index in [-0.39, 0.29) is 0 Å². The fourth-order valence-electron chi connectivity index (χ4n) is 4.50. The number of likely N-dealkylation sites (N-methyl/N-ethyl adjacent to an activating group) is 2. The van der Waals surface area contributed by atoms with Crippen LogP contribution in [0, 0.1) is 41.5 Å². The lowest BCUT2D eigenvalue weighted by Crippen LogP contribution is -2.31. The minimum absolute atomic E-state index is 0.853. The van der Waals surface area contributed by atoms with Gasteiger partial charge in [0.25, 0.3) is 0 Å². The lowest BCUT2D eigenvalue weighted by molar-refractivity contribution is 0.813. The van der Waals surface area contributed by atoms with E-state index in [1.807, 2.05) is 12.4 Å². The molecule has 0 atom stereocenters. The number of anilines is 2. The van der Waals surface area contributed by atoms with Gasteiger partial charge < -0.3 is 9.80 Å². The van der Waals surface area contributed by atoms with Gasteiger partial charge in [0, 0.05) is 50.7 Å². The molecule has 0 unspecified atom stereocenters. The second-order valence-electron chi connectivity index (χ2n) is 10.1. The van der Waals surface area contributed by atoms with Gasteiger partial charge in [-0.2, -0.15) is 0 Å². The average molecular weight is 479 g/mol. The van der Waals surface area contributed by atoms with Crippen molar-refractivity contribution < 1.29 is 0 Å². The number of rotatable bonds is 7. The van der Waals surface area contributed by atoms with Crippen molar-refractivity contribution in [1.29, 1.82) is 0 Å². The van der Waals surface area contributed by atoms with Crippen molar-refractivity contribution in [2.75, 3.05) is 37.0 Å². The summed E-state index contributed by atoms with van der Waals surface area (Å²) in [4.78, 5) is 13.9. The maximum Gasteiger partial charge on any atom is 0.128 e. The third-order valence-electron chi connectivity index (χ3n) is 7.57. The van der Waals surface area contributed by atoms with Gasteiger partial charge in [-0.3, -0.25) is 0 Å². The quantitative estimate of drug-likeness (QED) is 0.280. The molecule has 186 valence electrons. The highest BCUT2D eigenvalue weighted by Gasteiger charge is 2.10. The fraction of sp³-hybridized carbons (Fsp3) is 0.312. The first-order valence-electron chi connectivity index (χ1n) is 12.6. The third kappa shape index (κ3) is 5.43. The van der Waals surface area contributed by atoms with E-state index in [2.05, 4.69) is 114 Å². The van der Waals surface area contributed by atoms with Crippen LogP contribution in [0.3, 0.4) is 0 Å². The van der Waals surface area contributed by atoms with Crippen LogP contribution in [0.4, 0.5) is 11.6 Å². The molecule has 2 heterocycles. The molecule has 2 aromatic heterocycles. The Morgan fingerprint density at radius 1 is 0.500 bits per heavy atom. The standard InChI is InChI=1S/C32H38N4/c1-21-15-29(16-22(2)25(21)5)27-9-11-31(33-19-27)35(7)13-14-36(8)32-12-10-28(20-34-32)30-17-23(3)26(6)24(4)18-30/h9-12,15-20H,13-14H2,1-8H3. The number of aromatic nitrogens is 2. The molecule has 4 aromatic rings. The summed E-state index contributed by atoms with van der Waals surface area (Å²) in [6.45, 7) is 14.7. The number of benzene rings is 2. The normalized spacial score (nSPS) is 11.0. The van der Waals surface area contributed by atoms with Crippen LogP contribution in [0.1, 0.15) is 33.4 Å². The maximum absolute atomic E-state index is 4.74. The minimum atomic E-state index is 0.853. The SMILES string of the molecule is Cc1cc(-c2ccc(N(C)CCN(C)c3ccc(-c4cc(C)c(C)c(C)c4)cn3)nc2)cc(C)c1C. The Kier molecular flexibility index (Phi) is 7.44. The van der Waals surface area contributed by atoms with Crippen LogP contribution < -0.4 is 9.80 Å². The van der Waals surface area contributed by atoms with Crippen LogP contribution in [0.5, 0.6) is 0 Å². The third-order valence-corrected chi connectivity index (χ3v) is 7.57. The highest BCUT2D eigenvalue weighted by molar-refractivity contribution is 5.67. The van der Waals surface area contributed by atoms with Crippen molar-refractivity contribution in [1.82, 2.24) is 9.97 Å². The zero-order chi connectivity index (χ0) is 26.0. The molecule has 4 rings (SSSR count). The molecule has 0 fully saturated rings. The van der Waals surface area contributed by atoms with E-state index in [4.69, 9.17) is 9.97 Å². The van der Waals surface area contributed by atoms with Gasteiger partial charge in [0.15, 0.2) is 0 Å². The molecule has 0 radical (unpaired) electrons. The second kappa shape index (κ2) is 10.5. The number of aryl methyl sites for hydroxylation is 4. The van der Waals surface area contributed by atoms with Gasteiger partial charge >= 0.3 is 0 Å². The highest BCUT2D eigenvalue weighted by atomic mass is 15.2. The van der Waals surface area contributed by atoms with Crippen molar-refractivity contribution in [3.63, 3.8) is 0 Å². The van der Waals surface area contributed by atoms with Gasteiger partial charge in [-0.1, -0.05) is 24.3 Å². The molecule has 0 aliphatic heterocycles. The van der Waals surface area contributed by atoms with E-state index in [9.17, 15) is 0 Å². The lowest BCUT2D eigenvalue weighted by atomic mass is 9.97. The van der Waals surface area contributed by atoms with Crippen molar-refractivity contribution in [2.24, 2.45) is 0 Å². The van der Waals surface area contributed by atoms with E-state index in [0.29, 0.717) is 0 Å². The fourth-order valence-corrected chi connectivity index (χ4v) is 4.50. The van der Waals surface area contributed by atoms with Crippen molar-refractivity contribution >= 4 is 11.6 Å². The monoisotopic (exact) mass is 478 g/mol. The zero-order valence-electron chi connectivity index (χ0n) is 23.0. The van der Waals surface area contributed by atoms with Gasteiger partial charge in [-0.05, 0) is 110 Å². The summed E-state index contributed by atoms with van der Waals surface area (Å²) in [5.74, 6) is 1.95. The summed E-state index contributed by atoms with van der Waals surface area (Å²) < 4.78 is 0. The Labute approximate surface area is 216 Å². The number of hydrogen-bond acceptors (Lipinski definition) is 4. The summed E-state index contributed by atoms with van der Waals surface area (Å²) in [7, 11) is 4.18. The molecule has 0 spiro atoms. The first-order valence-corrected chi connectivity index (χ1v) is 12.6. The minimum Gasteiger partial charge on any atom is -0.358 e. The van der Waals surface area contributed by atoms with Crippen LogP contribution in [0.25, 0.3) is 22.3 Å². The van der Waals surface area contributed by atoms with Gasteiger partial charge in [-0.15, -0.1) is 0 Å². The molecule has 0 saturated heterocycles. The second-order valence-corrected chi connectivity index (χ2v) is 10.1. The van der Waals surface area contributed by atoms with E-state index < -0.39 is 0 Å². The average Bonchev–Trinajstić information content (AvgIpc) is 2.88. The molecule has 0 bridgehead atoms. The van der Waals surface area contributed by atoms with E-state index in [1.54, 1.807) is 0 Å². The number of hydrogen-bond donors (Lipinski definition) is 0. The topological polar surface area (TPSA) is 32.3 Å². The first-order chi connectivity index (χ1) is 17.1. The highest BCUT2D eigenvalue weighted by Crippen LogP contribution is 2.27. The van der Waals surface area contributed by atoms with Gasteiger partial charge in [-0.25, -0.2) is 9.97 Å². The van der Waals surface area contributed by atoms with Crippen LogP contribution in [0.15, 0.2) is 60.9 Å². The van der Waals surface area contributed by atoms with Gasteiger partial charge in [0.1, 0.15) is 11.6 Å². The van der Waals surface area contributed by atoms with Crippen LogP contribution in [0.2, 0.25) is 0 Å². The maximum atomic E-state index is 4.74. The van der Waals surface area contributed by atoms with E-state index >= 15 is 0 Å². The van der Waals surface area contributed by atoms with E-state index in [0.717, 1.165) is 35.9 Å². The summed E-state index contributed by atoms with van der Waals surface area (Å²) in [6, 6.07) is 17.5. The Morgan fingerprint density at radius 2 is 0.833 bits per heavy atom. The molecule has 0 aliphatic carbocycles. The predicted molar refractivity (Wildman–Crippen MR) is 154 cm³/mol. The van der Waals surface area contributed by atoms with Crippen molar-refractivity contribution in [3.8, 4) is 22.3 Å². The summed E-state index contributed by atoms with van der Waals surface area (Å²) in [5.41, 5.74) is 12.7. The molecule has 0 saturated carbocycles. The van der Waals surface area contributed by atoms with Crippen LogP contribution in [-0.2, 0) is 0 Å².